The molecule has 2 heterocycles. The molecule has 0 aliphatic rings. The van der Waals surface area contributed by atoms with E-state index in [1.165, 1.54) is 0 Å². The van der Waals surface area contributed by atoms with Crippen molar-refractivity contribution in [3.63, 3.8) is 0 Å². The summed E-state index contributed by atoms with van der Waals surface area (Å²) in [6.07, 6.45) is 2.03. The van der Waals surface area contributed by atoms with Gasteiger partial charge in [-0.1, -0.05) is 17.7 Å². The van der Waals surface area contributed by atoms with Gasteiger partial charge in [0.15, 0.2) is 0 Å². The Bertz CT molecular complexity index is 754. The number of rotatable bonds is 2. The zero-order valence-electron chi connectivity index (χ0n) is 10.9. The minimum Gasteiger partial charge on any atom is -0.398 e. The predicted octanol–water partition coefficient (Wildman–Crippen LogP) is 2.97. The maximum absolute atomic E-state index is 6.29. The fourth-order valence-electron chi connectivity index (χ4n) is 2.40. The maximum atomic E-state index is 6.29. The van der Waals surface area contributed by atoms with E-state index in [-0.39, 0.29) is 0 Å². The van der Waals surface area contributed by atoms with E-state index in [0.29, 0.717) is 6.54 Å². The van der Waals surface area contributed by atoms with E-state index in [4.69, 9.17) is 17.3 Å². The third-order valence-electron chi connectivity index (χ3n) is 3.43. The number of anilines is 1. The van der Waals surface area contributed by atoms with Gasteiger partial charge < -0.3 is 10.3 Å². The smallest absolute Gasteiger partial charge is 0.0865 e. The summed E-state index contributed by atoms with van der Waals surface area (Å²) in [5, 5.41) is 6.13. The zero-order chi connectivity index (χ0) is 13.6. The Morgan fingerprint density at radius 2 is 2.11 bits per heavy atom. The highest BCUT2D eigenvalue weighted by atomic mass is 35.5. The van der Waals surface area contributed by atoms with Gasteiger partial charge in [-0.2, -0.15) is 5.10 Å². The standard InChI is InChI=1S/C14H15ClN4/c1-9-14(15)13(18(2)17-9)8-19-7-6-10-11(16)4-3-5-12(10)19/h3-7H,8,16H2,1-2H3. The fourth-order valence-corrected chi connectivity index (χ4v) is 2.62. The van der Waals surface area contributed by atoms with Gasteiger partial charge in [0, 0.05) is 24.3 Å². The van der Waals surface area contributed by atoms with Crippen molar-refractivity contribution in [1.29, 1.82) is 0 Å². The number of nitrogens with zero attached hydrogens (tertiary/aromatic N) is 3. The summed E-state index contributed by atoms with van der Waals surface area (Å²) in [6, 6.07) is 7.96. The lowest BCUT2D eigenvalue weighted by molar-refractivity contribution is 0.673. The summed E-state index contributed by atoms with van der Waals surface area (Å²) in [7, 11) is 1.91. The van der Waals surface area contributed by atoms with Crippen LogP contribution < -0.4 is 5.73 Å². The van der Waals surface area contributed by atoms with Crippen molar-refractivity contribution in [3.8, 4) is 0 Å². The first kappa shape index (κ1) is 12.1. The van der Waals surface area contributed by atoms with Crippen LogP contribution in [-0.4, -0.2) is 14.3 Å². The molecule has 0 radical (unpaired) electrons. The molecule has 0 unspecified atom stereocenters. The number of halogens is 1. The molecule has 3 rings (SSSR count). The molecule has 0 spiro atoms. The first-order valence-electron chi connectivity index (χ1n) is 6.09. The summed E-state index contributed by atoms with van der Waals surface area (Å²) < 4.78 is 3.96. The molecule has 2 aromatic heterocycles. The van der Waals surface area contributed by atoms with E-state index < -0.39 is 0 Å². The molecule has 1 aromatic carbocycles. The van der Waals surface area contributed by atoms with Crippen molar-refractivity contribution in [2.24, 2.45) is 7.05 Å². The number of nitrogen functional groups attached to an aromatic ring is 1. The molecule has 0 bridgehead atoms. The van der Waals surface area contributed by atoms with Gasteiger partial charge in [-0.25, -0.2) is 0 Å². The van der Waals surface area contributed by atoms with Crippen LogP contribution in [0.4, 0.5) is 5.69 Å². The lowest BCUT2D eigenvalue weighted by atomic mass is 10.2. The van der Waals surface area contributed by atoms with Gasteiger partial charge in [0.1, 0.15) is 0 Å². The summed E-state index contributed by atoms with van der Waals surface area (Å²) in [5.74, 6) is 0. The summed E-state index contributed by atoms with van der Waals surface area (Å²) in [4.78, 5) is 0. The summed E-state index contributed by atoms with van der Waals surface area (Å²) >= 11 is 6.29. The lowest BCUT2D eigenvalue weighted by Gasteiger charge is -2.07. The van der Waals surface area contributed by atoms with Crippen LogP contribution in [0.2, 0.25) is 5.02 Å². The van der Waals surface area contributed by atoms with Gasteiger partial charge in [-0.3, -0.25) is 4.68 Å². The quantitative estimate of drug-likeness (QED) is 0.731. The Morgan fingerprint density at radius 1 is 1.32 bits per heavy atom. The van der Waals surface area contributed by atoms with Crippen molar-refractivity contribution in [1.82, 2.24) is 14.3 Å². The van der Waals surface area contributed by atoms with Crippen LogP contribution in [0.3, 0.4) is 0 Å². The third kappa shape index (κ3) is 1.88. The molecule has 98 valence electrons. The number of aryl methyl sites for hydroxylation is 2. The fraction of sp³-hybridized carbons (Fsp3) is 0.214. The molecule has 0 aliphatic carbocycles. The molecule has 5 heteroatoms. The van der Waals surface area contributed by atoms with Gasteiger partial charge in [0.25, 0.3) is 0 Å². The highest BCUT2D eigenvalue weighted by Crippen LogP contribution is 2.25. The number of fused-ring (bicyclic) bond motifs is 1. The molecule has 0 amide bonds. The van der Waals surface area contributed by atoms with Crippen LogP contribution in [0.1, 0.15) is 11.4 Å². The second kappa shape index (κ2) is 4.31. The lowest BCUT2D eigenvalue weighted by Crippen LogP contribution is -2.05. The van der Waals surface area contributed by atoms with Crippen LogP contribution in [0.15, 0.2) is 30.5 Å². The van der Waals surface area contributed by atoms with Crippen molar-refractivity contribution in [2.45, 2.75) is 13.5 Å². The van der Waals surface area contributed by atoms with Crippen molar-refractivity contribution in [2.75, 3.05) is 5.73 Å². The Kier molecular flexibility index (Phi) is 2.75. The Balaban J connectivity index is 2.09. The van der Waals surface area contributed by atoms with E-state index >= 15 is 0 Å². The van der Waals surface area contributed by atoms with Gasteiger partial charge in [-0.15, -0.1) is 0 Å². The predicted molar refractivity (Wildman–Crippen MR) is 78.4 cm³/mol. The first-order valence-corrected chi connectivity index (χ1v) is 6.47. The summed E-state index contributed by atoms with van der Waals surface area (Å²) in [6.45, 7) is 2.60. The molecular formula is C14H15ClN4. The monoisotopic (exact) mass is 274 g/mol. The highest BCUT2D eigenvalue weighted by Gasteiger charge is 2.12. The van der Waals surface area contributed by atoms with E-state index in [9.17, 15) is 0 Å². The molecule has 2 N–H and O–H groups in total. The molecule has 0 atom stereocenters. The van der Waals surface area contributed by atoms with Gasteiger partial charge >= 0.3 is 0 Å². The molecule has 0 saturated carbocycles. The molecule has 4 nitrogen and oxygen atoms in total. The number of aromatic nitrogens is 3. The topological polar surface area (TPSA) is 48.8 Å². The Morgan fingerprint density at radius 3 is 2.79 bits per heavy atom. The largest absolute Gasteiger partial charge is 0.398 e. The molecule has 0 fully saturated rings. The minimum atomic E-state index is 0.684. The molecule has 3 aromatic rings. The average Bonchev–Trinajstić information content (AvgIpc) is 2.88. The van der Waals surface area contributed by atoms with Gasteiger partial charge in [0.05, 0.1) is 28.5 Å². The maximum Gasteiger partial charge on any atom is 0.0865 e. The number of nitrogens with two attached hydrogens (primary N) is 1. The third-order valence-corrected chi connectivity index (χ3v) is 3.92. The zero-order valence-corrected chi connectivity index (χ0v) is 11.6. The number of benzene rings is 1. The van der Waals surface area contributed by atoms with Crippen molar-refractivity contribution in [3.05, 3.63) is 46.9 Å². The average molecular weight is 275 g/mol. The number of hydrogen-bond donors (Lipinski definition) is 1. The van der Waals surface area contributed by atoms with Crippen LogP contribution in [0.25, 0.3) is 10.9 Å². The highest BCUT2D eigenvalue weighted by molar-refractivity contribution is 6.31. The molecule has 0 aliphatic heterocycles. The van der Waals surface area contributed by atoms with E-state index in [1.54, 1.807) is 0 Å². The van der Waals surface area contributed by atoms with Crippen LogP contribution in [0, 0.1) is 6.92 Å². The normalized spacial score (nSPS) is 11.3. The van der Waals surface area contributed by atoms with Gasteiger partial charge in [-0.05, 0) is 25.1 Å². The van der Waals surface area contributed by atoms with Crippen molar-refractivity contribution >= 4 is 28.2 Å². The Hall–Kier alpha value is -1.94. The second-order valence-corrected chi connectivity index (χ2v) is 5.07. The van der Waals surface area contributed by atoms with Crippen LogP contribution >= 0.6 is 11.6 Å². The number of hydrogen-bond acceptors (Lipinski definition) is 2. The van der Waals surface area contributed by atoms with Gasteiger partial charge in [0.2, 0.25) is 0 Å². The second-order valence-electron chi connectivity index (χ2n) is 4.69. The molecular weight excluding hydrogens is 260 g/mol. The SMILES string of the molecule is Cc1nn(C)c(Cn2ccc3c(N)cccc32)c1Cl. The molecule has 19 heavy (non-hydrogen) atoms. The van der Waals surface area contributed by atoms with Crippen LogP contribution in [-0.2, 0) is 13.6 Å². The van der Waals surface area contributed by atoms with E-state index in [2.05, 4.69) is 15.7 Å². The van der Waals surface area contributed by atoms with Crippen molar-refractivity contribution < 1.29 is 0 Å². The first-order chi connectivity index (χ1) is 9.08. The van der Waals surface area contributed by atoms with E-state index in [0.717, 1.165) is 33.0 Å². The van der Waals surface area contributed by atoms with E-state index in [1.807, 2.05) is 43.0 Å². The molecule has 0 saturated heterocycles. The Labute approximate surface area is 116 Å². The van der Waals surface area contributed by atoms with Crippen LogP contribution in [0.5, 0.6) is 0 Å². The minimum absolute atomic E-state index is 0.684. The summed E-state index contributed by atoms with van der Waals surface area (Å²) in [5.41, 5.74) is 9.73.